The lowest BCUT2D eigenvalue weighted by Gasteiger charge is -2.05. The summed E-state index contributed by atoms with van der Waals surface area (Å²) in [6.45, 7) is -0.0717. The molecule has 22 heavy (non-hydrogen) atoms. The largest absolute Gasteiger partial charge is 0.452 e. The van der Waals surface area contributed by atoms with E-state index in [9.17, 15) is 19.7 Å². The first kappa shape index (κ1) is 15.6. The van der Waals surface area contributed by atoms with E-state index >= 15 is 0 Å². The number of carbonyl (C=O) groups excluding carboxylic acids is 2. The third-order valence-electron chi connectivity index (χ3n) is 2.67. The number of benzene rings is 1. The van der Waals surface area contributed by atoms with Crippen LogP contribution in [0.5, 0.6) is 0 Å². The Bertz CT molecular complexity index is 684. The van der Waals surface area contributed by atoms with Crippen LogP contribution >= 0.6 is 11.3 Å². The number of hydrogen-bond acceptors (Lipinski definition) is 6. The Balaban J connectivity index is 1.83. The zero-order chi connectivity index (χ0) is 15.9. The Kier molecular flexibility index (Phi) is 5.21. The molecule has 0 radical (unpaired) electrons. The Morgan fingerprint density at radius 3 is 2.77 bits per heavy atom. The van der Waals surface area contributed by atoms with E-state index in [4.69, 9.17) is 4.74 Å². The van der Waals surface area contributed by atoms with Crippen molar-refractivity contribution in [2.75, 3.05) is 6.61 Å². The van der Waals surface area contributed by atoms with Gasteiger partial charge in [-0.25, -0.2) is 4.79 Å². The lowest BCUT2D eigenvalue weighted by Crippen LogP contribution is -2.28. The summed E-state index contributed by atoms with van der Waals surface area (Å²) in [5, 5.41) is 15.1. The Labute approximate surface area is 129 Å². The minimum atomic E-state index is -0.782. The molecule has 1 aromatic carbocycles. The maximum Gasteiger partial charge on any atom is 0.338 e. The third kappa shape index (κ3) is 4.38. The lowest BCUT2D eigenvalue weighted by atomic mass is 10.2. The molecule has 0 saturated carbocycles. The average Bonchev–Trinajstić information content (AvgIpc) is 3.04. The Morgan fingerprint density at radius 2 is 2.09 bits per heavy atom. The molecule has 0 atom stereocenters. The Hall–Kier alpha value is -2.74. The monoisotopic (exact) mass is 320 g/mol. The third-order valence-corrected chi connectivity index (χ3v) is 3.54. The molecule has 8 heteroatoms. The van der Waals surface area contributed by atoms with Gasteiger partial charge in [-0.15, -0.1) is 11.3 Å². The van der Waals surface area contributed by atoms with Gasteiger partial charge in [-0.1, -0.05) is 12.1 Å². The van der Waals surface area contributed by atoms with E-state index in [1.807, 2.05) is 17.5 Å². The van der Waals surface area contributed by atoms with Crippen LogP contribution in [0.3, 0.4) is 0 Å². The number of carbonyl (C=O) groups is 2. The number of rotatable bonds is 6. The number of hydrogen-bond donors (Lipinski definition) is 1. The first-order valence-electron chi connectivity index (χ1n) is 6.27. The van der Waals surface area contributed by atoms with E-state index < -0.39 is 23.4 Å². The number of nitro benzene ring substituents is 1. The number of non-ortho nitro benzene ring substituents is 1. The van der Waals surface area contributed by atoms with Crippen LogP contribution in [-0.4, -0.2) is 23.4 Å². The van der Waals surface area contributed by atoms with E-state index in [1.54, 1.807) is 0 Å². The highest BCUT2D eigenvalue weighted by atomic mass is 32.1. The fourth-order valence-corrected chi connectivity index (χ4v) is 2.26. The summed E-state index contributed by atoms with van der Waals surface area (Å²) in [4.78, 5) is 34.3. The maximum absolute atomic E-state index is 11.7. The Morgan fingerprint density at radius 1 is 1.27 bits per heavy atom. The molecule has 7 nitrogen and oxygen atoms in total. The predicted octanol–water partition coefficient (Wildman–Crippen LogP) is 2.13. The summed E-state index contributed by atoms with van der Waals surface area (Å²) in [6, 6.07) is 8.88. The van der Waals surface area contributed by atoms with Crippen molar-refractivity contribution < 1.29 is 19.2 Å². The van der Waals surface area contributed by atoms with Crippen LogP contribution in [0.15, 0.2) is 41.8 Å². The summed E-state index contributed by atoms with van der Waals surface area (Å²) in [6.07, 6.45) is 0. The highest BCUT2D eigenvalue weighted by Gasteiger charge is 2.14. The van der Waals surface area contributed by atoms with Crippen LogP contribution in [0.4, 0.5) is 5.69 Å². The second kappa shape index (κ2) is 7.32. The van der Waals surface area contributed by atoms with Crippen molar-refractivity contribution in [2.45, 2.75) is 6.54 Å². The van der Waals surface area contributed by atoms with Crippen LogP contribution in [-0.2, 0) is 16.1 Å². The molecule has 0 saturated heterocycles. The molecule has 0 spiro atoms. The smallest absolute Gasteiger partial charge is 0.338 e. The second-order valence-electron chi connectivity index (χ2n) is 4.24. The standard InChI is InChI=1S/C14H12N2O5S/c17-13(15-8-12-5-2-6-22-12)9-21-14(18)10-3-1-4-11(7-10)16(19)20/h1-7H,8-9H2,(H,15,17). The molecule has 1 aromatic heterocycles. The molecule has 1 heterocycles. The van der Waals surface area contributed by atoms with E-state index in [1.165, 1.54) is 29.5 Å². The molecule has 2 aromatic rings. The van der Waals surface area contributed by atoms with Gasteiger partial charge in [0.05, 0.1) is 17.0 Å². The first-order valence-corrected chi connectivity index (χ1v) is 7.15. The van der Waals surface area contributed by atoms with Gasteiger partial charge in [-0.2, -0.15) is 0 Å². The number of esters is 1. The van der Waals surface area contributed by atoms with Crippen molar-refractivity contribution in [2.24, 2.45) is 0 Å². The summed E-state index contributed by atoms with van der Waals surface area (Å²) >= 11 is 1.50. The fourth-order valence-electron chi connectivity index (χ4n) is 1.61. The lowest BCUT2D eigenvalue weighted by molar-refractivity contribution is -0.384. The van der Waals surface area contributed by atoms with Gasteiger partial charge < -0.3 is 10.1 Å². The van der Waals surface area contributed by atoms with Gasteiger partial charge in [0, 0.05) is 17.0 Å². The zero-order valence-corrected chi connectivity index (χ0v) is 12.2. The molecular weight excluding hydrogens is 308 g/mol. The predicted molar refractivity (Wildman–Crippen MR) is 79.5 cm³/mol. The summed E-state index contributed by atoms with van der Waals surface area (Å²) in [7, 11) is 0. The van der Waals surface area contributed by atoms with E-state index in [0.717, 1.165) is 10.9 Å². The zero-order valence-electron chi connectivity index (χ0n) is 11.4. The molecule has 1 N–H and O–H groups in total. The topological polar surface area (TPSA) is 98.5 Å². The van der Waals surface area contributed by atoms with Crippen molar-refractivity contribution in [1.29, 1.82) is 0 Å². The number of nitrogens with zero attached hydrogens (tertiary/aromatic N) is 1. The summed E-state index contributed by atoms with van der Waals surface area (Å²) in [5.74, 6) is -1.22. The number of nitro groups is 1. The van der Waals surface area contributed by atoms with Gasteiger partial charge in [0.15, 0.2) is 6.61 Å². The second-order valence-corrected chi connectivity index (χ2v) is 5.27. The van der Waals surface area contributed by atoms with Crippen molar-refractivity contribution in [3.63, 3.8) is 0 Å². The van der Waals surface area contributed by atoms with Crippen LogP contribution < -0.4 is 5.32 Å². The molecule has 0 unspecified atom stereocenters. The van der Waals surface area contributed by atoms with Crippen molar-refractivity contribution >= 4 is 28.9 Å². The number of thiophene rings is 1. The SMILES string of the molecule is O=C(COC(=O)c1cccc([N+](=O)[O-])c1)NCc1cccs1. The summed E-state index contributed by atoms with van der Waals surface area (Å²) < 4.78 is 4.82. The molecule has 0 bridgehead atoms. The molecule has 0 aliphatic rings. The van der Waals surface area contributed by atoms with Gasteiger partial charge in [-0.3, -0.25) is 14.9 Å². The minimum Gasteiger partial charge on any atom is -0.452 e. The van der Waals surface area contributed by atoms with Crippen LogP contribution in [0.1, 0.15) is 15.2 Å². The molecule has 2 rings (SSSR count). The van der Waals surface area contributed by atoms with Gasteiger partial charge in [0.1, 0.15) is 0 Å². The molecule has 0 fully saturated rings. The van der Waals surface area contributed by atoms with Gasteiger partial charge >= 0.3 is 5.97 Å². The van der Waals surface area contributed by atoms with E-state index in [2.05, 4.69) is 5.32 Å². The molecule has 0 aliphatic heterocycles. The van der Waals surface area contributed by atoms with Gasteiger partial charge in [0.2, 0.25) is 0 Å². The van der Waals surface area contributed by atoms with Crippen molar-refractivity contribution in [3.8, 4) is 0 Å². The first-order chi connectivity index (χ1) is 10.6. The van der Waals surface area contributed by atoms with Crippen LogP contribution in [0.25, 0.3) is 0 Å². The quantitative estimate of drug-likeness (QED) is 0.499. The molecular formula is C14H12N2O5S. The summed E-state index contributed by atoms with van der Waals surface area (Å²) in [5.41, 5.74) is -0.183. The van der Waals surface area contributed by atoms with E-state index in [-0.39, 0.29) is 11.3 Å². The van der Waals surface area contributed by atoms with Crippen molar-refractivity contribution in [1.82, 2.24) is 5.32 Å². The van der Waals surface area contributed by atoms with E-state index in [0.29, 0.717) is 6.54 Å². The van der Waals surface area contributed by atoms with Crippen molar-refractivity contribution in [3.05, 3.63) is 62.3 Å². The minimum absolute atomic E-state index is 0.0280. The highest BCUT2D eigenvalue weighted by molar-refractivity contribution is 7.09. The highest BCUT2D eigenvalue weighted by Crippen LogP contribution is 2.13. The van der Waals surface area contributed by atoms with Crippen LogP contribution in [0, 0.1) is 10.1 Å². The average molecular weight is 320 g/mol. The van der Waals surface area contributed by atoms with Crippen LogP contribution in [0.2, 0.25) is 0 Å². The maximum atomic E-state index is 11.7. The van der Waals surface area contributed by atoms with Gasteiger partial charge in [0.25, 0.3) is 11.6 Å². The molecule has 0 aliphatic carbocycles. The number of ether oxygens (including phenoxy) is 1. The molecule has 1 amide bonds. The number of amides is 1. The number of nitrogens with one attached hydrogen (secondary N) is 1. The van der Waals surface area contributed by atoms with Gasteiger partial charge in [-0.05, 0) is 17.5 Å². The fraction of sp³-hybridized carbons (Fsp3) is 0.143. The molecule has 114 valence electrons. The normalized spacial score (nSPS) is 10.0.